The molecular formula is C17H15NO2. The van der Waals surface area contributed by atoms with Crippen LogP contribution >= 0.6 is 0 Å². The summed E-state index contributed by atoms with van der Waals surface area (Å²) in [5.41, 5.74) is 4.66. The molecule has 0 bridgehead atoms. The number of fused-ring (bicyclic) bond motifs is 1. The van der Waals surface area contributed by atoms with Crippen LogP contribution in [0.15, 0.2) is 46.9 Å². The van der Waals surface area contributed by atoms with E-state index in [1.165, 1.54) is 5.56 Å². The Morgan fingerprint density at radius 1 is 1.10 bits per heavy atom. The first kappa shape index (κ1) is 12.6. The van der Waals surface area contributed by atoms with Crippen LogP contribution in [0.1, 0.15) is 22.6 Å². The summed E-state index contributed by atoms with van der Waals surface area (Å²) in [6.07, 6.45) is 3.82. The van der Waals surface area contributed by atoms with Crippen LogP contribution < -0.4 is 0 Å². The molecular weight excluding hydrogens is 250 g/mol. The third-order valence-electron chi connectivity index (χ3n) is 3.15. The van der Waals surface area contributed by atoms with Crippen molar-refractivity contribution in [3.05, 3.63) is 65.0 Å². The quantitative estimate of drug-likeness (QED) is 0.783. The number of aromatic nitrogens is 1. The Hall–Kier alpha value is -2.39. The van der Waals surface area contributed by atoms with Gasteiger partial charge < -0.3 is 9.52 Å². The molecule has 1 N–H and O–H groups in total. The summed E-state index contributed by atoms with van der Waals surface area (Å²) >= 11 is 0. The van der Waals surface area contributed by atoms with Gasteiger partial charge in [0.05, 0.1) is 6.61 Å². The minimum atomic E-state index is 0.00514. The molecule has 0 saturated carbocycles. The Balaban J connectivity index is 1.88. The molecule has 3 rings (SSSR count). The zero-order chi connectivity index (χ0) is 13.9. The Morgan fingerprint density at radius 3 is 2.65 bits per heavy atom. The largest absolute Gasteiger partial charge is 0.437 e. The zero-order valence-electron chi connectivity index (χ0n) is 11.2. The van der Waals surface area contributed by atoms with Crippen LogP contribution in [0.2, 0.25) is 0 Å². The van der Waals surface area contributed by atoms with E-state index in [0.717, 1.165) is 16.6 Å². The van der Waals surface area contributed by atoms with Crippen LogP contribution in [0.4, 0.5) is 0 Å². The summed E-state index contributed by atoms with van der Waals surface area (Å²) in [6.45, 7) is 2.07. The number of aliphatic hydroxyl groups is 1. The normalized spacial score (nSPS) is 11.5. The molecule has 0 fully saturated rings. The molecule has 1 aromatic heterocycles. The summed E-state index contributed by atoms with van der Waals surface area (Å²) in [7, 11) is 0. The van der Waals surface area contributed by atoms with E-state index in [-0.39, 0.29) is 6.61 Å². The van der Waals surface area contributed by atoms with Gasteiger partial charge in [-0.05, 0) is 36.3 Å². The van der Waals surface area contributed by atoms with Gasteiger partial charge in [-0.1, -0.05) is 35.9 Å². The first-order valence-corrected chi connectivity index (χ1v) is 6.50. The van der Waals surface area contributed by atoms with E-state index in [2.05, 4.69) is 36.2 Å². The summed E-state index contributed by atoms with van der Waals surface area (Å²) in [4.78, 5) is 4.39. The van der Waals surface area contributed by atoms with E-state index in [9.17, 15) is 0 Å². The number of aliphatic hydroxyl groups excluding tert-OH is 1. The molecule has 0 spiro atoms. The standard InChI is InChI=1S/C17H15NO2/c1-12-2-4-13(5-3-12)7-9-17-18-15-8-6-14(11-19)10-16(15)20-17/h2-10,19H,11H2,1H3/b9-7+. The van der Waals surface area contributed by atoms with Crippen molar-refractivity contribution >= 4 is 23.3 Å². The Kier molecular flexibility index (Phi) is 3.35. The predicted octanol–water partition coefficient (Wildman–Crippen LogP) is 3.80. The van der Waals surface area contributed by atoms with Crippen LogP contribution in [0.25, 0.3) is 23.3 Å². The van der Waals surface area contributed by atoms with Gasteiger partial charge in [0.15, 0.2) is 5.58 Å². The highest BCUT2D eigenvalue weighted by Gasteiger charge is 2.03. The number of hydrogen-bond acceptors (Lipinski definition) is 3. The second-order valence-corrected chi connectivity index (χ2v) is 4.76. The minimum absolute atomic E-state index is 0.00514. The third-order valence-corrected chi connectivity index (χ3v) is 3.15. The molecule has 0 aliphatic rings. The molecule has 1 heterocycles. The summed E-state index contributed by atoms with van der Waals surface area (Å²) < 4.78 is 5.65. The van der Waals surface area contributed by atoms with Gasteiger partial charge in [-0.3, -0.25) is 0 Å². The summed E-state index contributed by atoms with van der Waals surface area (Å²) in [6, 6.07) is 13.8. The Morgan fingerprint density at radius 2 is 1.90 bits per heavy atom. The van der Waals surface area contributed by atoms with Crippen LogP contribution in [0, 0.1) is 6.92 Å². The van der Waals surface area contributed by atoms with Crippen molar-refractivity contribution in [2.24, 2.45) is 0 Å². The second-order valence-electron chi connectivity index (χ2n) is 4.76. The van der Waals surface area contributed by atoms with Crippen molar-refractivity contribution in [3.8, 4) is 0 Å². The Bertz CT molecular complexity index is 754. The fraction of sp³-hybridized carbons (Fsp3) is 0.118. The highest BCUT2D eigenvalue weighted by atomic mass is 16.3. The number of hydrogen-bond donors (Lipinski definition) is 1. The van der Waals surface area contributed by atoms with E-state index in [0.29, 0.717) is 11.5 Å². The van der Waals surface area contributed by atoms with E-state index < -0.39 is 0 Å². The van der Waals surface area contributed by atoms with Crippen molar-refractivity contribution in [2.45, 2.75) is 13.5 Å². The topological polar surface area (TPSA) is 46.3 Å². The van der Waals surface area contributed by atoms with Gasteiger partial charge >= 0.3 is 0 Å². The van der Waals surface area contributed by atoms with E-state index in [4.69, 9.17) is 9.52 Å². The summed E-state index contributed by atoms with van der Waals surface area (Å²) in [5, 5.41) is 9.10. The lowest BCUT2D eigenvalue weighted by Gasteiger charge is -1.93. The third kappa shape index (κ3) is 2.63. The van der Waals surface area contributed by atoms with Crippen molar-refractivity contribution < 1.29 is 9.52 Å². The van der Waals surface area contributed by atoms with Crippen molar-refractivity contribution in [2.75, 3.05) is 0 Å². The maximum atomic E-state index is 9.10. The van der Waals surface area contributed by atoms with Crippen LogP contribution in [-0.2, 0) is 6.61 Å². The van der Waals surface area contributed by atoms with Crippen molar-refractivity contribution in [1.29, 1.82) is 0 Å². The lowest BCUT2D eigenvalue weighted by atomic mass is 10.1. The molecule has 0 saturated heterocycles. The number of oxazole rings is 1. The number of nitrogens with zero attached hydrogens (tertiary/aromatic N) is 1. The fourth-order valence-electron chi connectivity index (χ4n) is 2.00. The van der Waals surface area contributed by atoms with Crippen LogP contribution in [0.3, 0.4) is 0 Å². The molecule has 100 valence electrons. The highest BCUT2D eigenvalue weighted by molar-refractivity contribution is 5.76. The van der Waals surface area contributed by atoms with E-state index in [1.54, 1.807) is 0 Å². The van der Waals surface area contributed by atoms with Crippen molar-refractivity contribution in [3.63, 3.8) is 0 Å². The molecule has 3 aromatic rings. The molecule has 2 aromatic carbocycles. The van der Waals surface area contributed by atoms with Gasteiger partial charge in [0, 0.05) is 6.08 Å². The summed E-state index contributed by atoms with van der Waals surface area (Å²) in [5.74, 6) is 0.565. The molecule has 3 nitrogen and oxygen atoms in total. The number of benzene rings is 2. The molecule has 0 atom stereocenters. The SMILES string of the molecule is Cc1ccc(/C=C/c2nc3ccc(CO)cc3o2)cc1. The monoisotopic (exact) mass is 265 g/mol. The van der Waals surface area contributed by atoms with E-state index >= 15 is 0 Å². The van der Waals surface area contributed by atoms with Crippen molar-refractivity contribution in [1.82, 2.24) is 4.98 Å². The van der Waals surface area contributed by atoms with Gasteiger partial charge in [0.25, 0.3) is 0 Å². The second kappa shape index (κ2) is 5.31. The zero-order valence-corrected chi connectivity index (χ0v) is 11.2. The number of rotatable bonds is 3. The lowest BCUT2D eigenvalue weighted by molar-refractivity contribution is 0.282. The van der Waals surface area contributed by atoms with Gasteiger partial charge in [-0.2, -0.15) is 0 Å². The van der Waals surface area contributed by atoms with Gasteiger partial charge in [0.1, 0.15) is 5.52 Å². The highest BCUT2D eigenvalue weighted by Crippen LogP contribution is 2.19. The fourth-order valence-corrected chi connectivity index (χ4v) is 2.00. The van der Waals surface area contributed by atoms with Crippen LogP contribution in [0.5, 0.6) is 0 Å². The predicted molar refractivity (Wildman–Crippen MR) is 80.0 cm³/mol. The lowest BCUT2D eigenvalue weighted by Crippen LogP contribution is -1.80. The molecule has 0 unspecified atom stereocenters. The number of aryl methyl sites for hydroxylation is 1. The minimum Gasteiger partial charge on any atom is -0.437 e. The average Bonchev–Trinajstić information content (AvgIpc) is 2.88. The van der Waals surface area contributed by atoms with Gasteiger partial charge in [-0.25, -0.2) is 4.98 Å². The first-order valence-electron chi connectivity index (χ1n) is 6.50. The first-order chi connectivity index (χ1) is 9.74. The maximum Gasteiger partial charge on any atom is 0.220 e. The molecule has 20 heavy (non-hydrogen) atoms. The molecule has 0 amide bonds. The smallest absolute Gasteiger partial charge is 0.220 e. The molecule has 3 heteroatoms. The molecule has 0 aliphatic carbocycles. The van der Waals surface area contributed by atoms with E-state index in [1.807, 2.05) is 30.4 Å². The Labute approximate surface area is 117 Å². The van der Waals surface area contributed by atoms with Gasteiger partial charge in [0.2, 0.25) is 5.89 Å². The molecule has 0 radical (unpaired) electrons. The van der Waals surface area contributed by atoms with Gasteiger partial charge in [-0.15, -0.1) is 0 Å². The van der Waals surface area contributed by atoms with Crippen LogP contribution in [-0.4, -0.2) is 10.1 Å². The molecule has 0 aliphatic heterocycles. The maximum absolute atomic E-state index is 9.10. The average molecular weight is 265 g/mol.